The van der Waals surface area contributed by atoms with Crippen LogP contribution < -0.4 is 20.9 Å². The van der Waals surface area contributed by atoms with E-state index in [0.717, 1.165) is 12.1 Å². The first kappa shape index (κ1) is 25.3. The minimum absolute atomic E-state index is 0.0646. The summed E-state index contributed by atoms with van der Waals surface area (Å²) in [6, 6.07) is 9.79. The van der Waals surface area contributed by atoms with Crippen LogP contribution in [0.15, 0.2) is 48.8 Å². The molecule has 1 aromatic heterocycles. The molecule has 1 fully saturated rings. The summed E-state index contributed by atoms with van der Waals surface area (Å²) >= 11 is 0. The van der Waals surface area contributed by atoms with Gasteiger partial charge in [0.25, 0.3) is 0 Å². The Morgan fingerprint density at radius 2 is 1.83 bits per heavy atom. The zero-order valence-electron chi connectivity index (χ0n) is 19.4. The van der Waals surface area contributed by atoms with Crippen LogP contribution in [0.3, 0.4) is 0 Å². The van der Waals surface area contributed by atoms with Gasteiger partial charge in [-0.15, -0.1) is 0 Å². The van der Waals surface area contributed by atoms with Crippen molar-refractivity contribution in [3.05, 3.63) is 65.7 Å². The van der Waals surface area contributed by atoms with E-state index in [1.54, 1.807) is 18.2 Å². The Hall–Kier alpha value is -3.80. The number of carbonyl (C=O) groups excluding carboxylic acids is 1. The lowest BCUT2D eigenvalue weighted by molar-refractivity contribution is -0.137. The SMILES string of the molecule is CC(=O)Nc1cccc(Nc2ncnc(N3CCC(NCc4cc(F)cc(C(F)(F)F)c4)CC3)n2)c1. The van der Waals surface area contributed by atoms with Gasteiger partial charge in [0, 0.05) is 44.0 Å². The number of hydrogen-bond acceptors (Lipinski definition) is 7. The summed E-state index contributed by atoms with van der Waals surface area (Å²) in [5, 5.41) is 9.04. The Morgan fingerprint density at radius 1 is 1.08 bits per heavy atom. The first-order valence-corrected chi connectivity index (χ1v) is 11.3. The van der Waals surface area contributed by atoms with Crippen LogP contribution in [0.4, 0.5) is 40.8 Å². The van der Waals surface area contributed by atoms with Crippen molar-refractivity contribution >= 4 is 29.2 Å². The van der Waals surface area contributed by atoms with Gasteiger partial charge in [-0.1, -0.05) is 6.07 Å². The highest BCUT2D eigenvalue weighted by Gasteiger charge is 2.31. The van der Waals surface area contributed by atoms with E-state index in [-0.39, 0.29) is 24.1 Å². The number of anilines is 4. The molecule has 0 unspecified atom stereocenters. The molecule has 1 aliphatic heterocycles. The number of alkyl halides is 3. The third-order valence-electron chi connectivity index (χ3n) is 5.66. The number of carbonyl (C=O) groups is 1. The number of nitrogens with zero attached hydrogens (tertiary/aromatic N) is 4. The number of halogens is 4. The number of nitrogens with one attached hydrogen (secondary N) is 3. The summed E-state index contributed by atoms with van der Waals surface area (Å²) in [5.74, 6) is -0.220. The van der Waals surface area contributed by atoms with Gasteiger partial charge in [0.15, 0.2) is 0 Å². The molecule has 1 aliphatic rings. The molecule has 2 aromatic carbocycles. The summed E-state index contributed by atoms with van der Waals surface area (Å²) in [6.45, 7) is 2.84. The molecule has 1 saturated heterocycles. The molecule has 12 heteroatoms. The van der Waals surface area contributed by atoms with Gasteiger partial charge < -0.3 is 20.9 Å². The Kier molecular flexibility index (Phi) is 7.63. The maximum Gasteiger partial charge on any atom is 0.416 e. The lowest BCUT2D eigenvalue weighted by atomic mass is 10.0. The lowest BCUT2D eigenvalue weighted by Crippen LogP contribution is -2.43. The fraction of sp³-hybridized carbons (Fsp3) is 0.333. The predicted molar refractivity (Wildman–Crippen MR) is 127 cm³/mol. The number of amides is 1. The number of benzene rings is 2. The predicted octanol–water partition coefficient (Wildman–Crippen LogP) is 4.49. The number of aromatic nitrogens is 3. The topological polar surface area (TPSA) is 95.1 Å². The molecule has 0 atom stereocenters. The van der Waals surface area contributed by atoms with Gasteiger partial charge in [-0.05, 0) is 54.8 Å². The first-order chi connectivity index (χ1) is 17.2. The molecule has 0 spiro atoms. The van der Waals surface area contributed by atoms with E-state index >= 15 is 0 Å². The Bertz CT molecular complexity index is 1210. The quantitative estimate of drug-likeness (QED) is 0.409. The minimum atomic E-state index is -4.59. The number of hydrogen-bond donors (Lipinski definition) is 3. The van der Waals surface area contributed by atoms with Crippen LogP contribution >= 0.6 is 0 Å². The first-order valence-electron chi connectivity index (χ1n) is 11.3. The van der Waals surface area contributed by atoms with Crippen molar-refractivity contribution in [2.75, 3.05) is 28.6 Å². The molecule has 0 radical (unpaired) electrons. The fourth-order valence-corrected chi connectivity index (χ4v) is 3.97. The molecule has 3 N–H and O–H groups in total. The molecule has 1 amide bonds. The minimum Gasteiger partial charge on any atom is -0.341 e. The highest BCUT2D eigenvalue weighted by molar-refractivity contribution is 5.89. The van der Waals surface area contributed by atoms with E-state index in [2.05, 4.69) is 30.9 Å². The molecular formula is C24H25F4N7O. The summed E-state index contributed by atoms with van der Waals surface area (Å²) in [6.07, 6.45) is -1.74. The van der Waals surface area contributed by atoms with Gasteiger partial charge in [0.1, 0.15) is 12.1 Å². The van der Waals surface area contributed by atoms with E-state index in [0.29, 0.717) is 55.3 Å². The molecule has 3 aromatic rings. The summed E-state index contributed by atoms with van der Waals surface area (Å²) in [7, 11) is 0. The van der Waals surface area contributed by atoms with Crippen LogP contribution in [0.2, 0.25) is 0 Å². The highest BCUT2D eigenvalue weighted by atomic mass is 19.4. The van der Waals surface area contributed by atoms with Crippen molar-refractivity contribution in [2.24, 2.45) is 0 Å². The molecule has 0 aliphatic carbocycles. The lowest BCUT2D eigenvalue weighted by Gasteiger charge is -2.32. The van der Waals surface area contributed by atoms with Gasteiger partial charge in [0.2, 0.25) is 17.8 Å². The van der Waals surface area contributed by atoms with Crippen molar-refractivity contribution in [2.45, 2.75) is 38.5 Å². The van der Waals surface area contributed by atoms with Gasteiger partial charge in [0.05, 0.1) is 5.56 Å². The van der Waals surface area contributed by atoms with Crippen molar-refractivity contribution in [3.63, 3.8) is 0 Å². The molecule has 36 heavy (non-hydrogen) atoms. The molecule has 4 rings (SSSR count). The summed E-state index contributed by atoms with van der Waals surface area (Å²) < 4.78 is 52.4. The van der Waals surface area contributed by atoms with Crippen LogP contribution in [0, 0.1) is 5.82 Å². The third kappa shape index (κ3) is 6.87. The van der Waals surface area contributed by atoms with Crippen LogP contribution in [0.25, 0.3) is 0 Å². The average Bonchev–Trinajstić information content (AvgIpc) is 2.82. The van der Waals surface area contributed by atoms with E-state index in [1.807, 2.05) is 11.0 Å². The summed E-state index contributed by atoms with van der Waals surface area (Å²) in [4.78, 5) is 26.2. The van der Waals surface area contributed by atoms with Gasteiger partial charge >= 0.3 is 6.18 Å². The molecule has 190 valence electrons. The number of piperidine rings is 1. The van der Waals surface area contributed by atoms with E-state index in [1.165, 1.54) is 13.3 Å². The van der Waals surface area contributed by atoms with E-state index in [4.69, 9.17) is 0 Å². The van der Waals surface area contributed by atoms with Crippen LogP contribution in [0.1, 0.15) is 30.9 Å². The molecule has 8 nitrogen and oxygen atoms in total. The Labute approximate surface area is 205 Å². The van der Waals surface area contributed by atoms with Crippen molar-refractivity contribution in [3.8, 4) is 0 Å². The maximum atomic E-state index is 13.6. The molecule has 0 bridgehead atoms. The number of rotatable bonds is 7. The second-order valence-electron chi connectivity index (χ2n) is 8.48. The smallest absolute Gasteiger partial charge is 0.341 e. The zero-order chi connectivity index (χ0) is 25.7. The zero-order valence-corrected chi connectivity index (χ0v) is 19.4. The maximum absolute atomic E-state index is 13.6. The van der Waals surface area contributed by atoms with Crippen molar-refractivity contribution in [1.82, 2.24) is 20.3 Å². The van der Waals surface area contributed by atoms with Crippen LogP contribution in [-0.4, -0.2) is 40.0 Å². The van der Waals surface area contributed by atoms with Gasteiger partial charge in [-0.25, -0.2) is 14.4 Å². The fourth-order valence-electron chi connectivity index (χ4n) is 3.97. The van der Waals surface area contributed by atoms with Gasteiger partial charge in [-0.3, -0.25) is 4.79 Å². The standard InChI is InChI=1S/C24H25F4N7O/c1-15(36)32-20-3-2-4-21(12-20)33-22-30-14-31-23(34-22)35-7-5-19(6-8-35)29-13-16-9-17(24(26,27)28)11-18(25)10-16/h2-4,9-12,14,19,29H,5-8,13H2,1H3,(H,32,36)(H,30,31,33,34). The Balaban J connectivity index is 1.32. The second-order valence-corrected chi connectivity index (χ2v) is 8.48. The average molecular weight is 504 g/mol. The molecule has 2 heterocycles. The van der Waals surface area contributed by atoms with Crippen molar-refractivity contribution < 1.29 is 22.4 Å². The van der Waals surface area contributed by atoms with Crippen LogP contribution in [-0.2, 0) is 17.5 Å². The highest BCUT2D eigenvalue weighted by Crippen LogP contribution is 2.30. The Morgan fingerprint density at radius 3 is 2.56 bits per heavy atom. The molecule has 0 saturated carbocycles. The molecular weight excluding hydrogens is 478 g/mol. The monoisotopic (exact) mass is 503 g/mol. The van der Waals surface area contributed by atoms with Crippen LogP contribution in [0.5, 0.6) is 0 Å². The van der Waals surface area contributed by atoms with E-state index < -0.39 is 17.6 Å². The summed E-state index contributed by atoms with van der Waals surface area (Å²) in [5.41, 5.74) is 0.604. The van der Waals surface area contributed by atoms with E-state index in [9.17, 15) is 22.4 Å². The van der Waals surface area contributed by atoms with Gasteiger partial charge in [-0.2, -0.15) is 18.2 Å². The van der Waals surface area contributed by atoms with Crippen molar-refractivity contribution in [1.29, 1.82) is 0 Å². The normalized spacial score (nSPS) is 14.5. The largest absolute Gasteiger partial charge is 0.416 e. The third-order valence-corrected chi connectivity index (χ3v) is 5.66. The second kappa shape index (κ2) is 10.9.